The van der Waals surface area contributed by atoms with Crippen LogP contribution in [-0.4, -0.2) is 98.7 Å². The lowest BCUT2D eigenvalue weighted by molar-refractivity contribution is -0.438. The number of aromatic amines is 1. The number of esters is 1. The molecule has 1 amide bonds. The minimum Gasteiger partial charge on any atom is -0.748 e. The fraction of sp³-hybridized carbons (Fsp3) is 0.309. The number of allylic oxidation sites excluding steroid dienone is 7. The van der Waals surface area contributed by atoms with Gasteiger partial charge < -0.3 is 35.3 Å². The van der Waals surface area contributed by atoms with Crippen molar-refractivity contribution in [3.63, 3.8) is 0 Å². The van der Waals surface area contributed by atoms with E-state index in [1.165, 1.54) is 6.20 Å². The molecule has 0 fully saturated rings. The van der Waals surface area contributed by atoms with Gasteiger partial charge in [-0.05, 0) is 135 Å². The summed E-state index contributed by atoms with van der Waals surface area (Å²) in [7, 11) is -8.49. The van der Waals surface area contributed by atoms with Crippen LogP contribution in [0.2, 0.25) is 0 Å². The second-order valence-electron chi connectivity index (χ2n) is 23.7. The Morgan fingerprint density at radius 3 is 2.27 bits per heavy atom. The number of rotatable bonds is 25. The first-order valence-corrected chi connectivity index (χ1v) is 33.2. The van der Waals surface area contributed by atoms with Gasteiger partial charge in [0.1, 0.15) is 30.7 Å². The molecule has 22 heteroatoms. The van der Waals surface area contributed by atoms with Crippen molar-refractivity contribution in [3.8, 4) is 5.75 Å². The van der Waals surface area contributed by atoms with Crippen LogP contribution in [0.1, 0.15) is 111 Å². The Morgan fingerprint density at radius 2 is 1.52 bits per heavy atom. The highest BCUT2D eigenvalue weighted by molar-refractivity contribution is 7.85. The van der Waals surface area contributed by atoms with Crippen LogP contribution >= 0.6 is 0 Å². The van der Waals surface area contributed by atoms with Gasteiger partial charge >= 0.3 is 5.97 Å². The van der Waals surface area contributed by atoms with Crippen molar-refractivity contribution in [1.29, 1.82) is 0 Å². The summed E-state index contributed by atoms with van der Waals surface area (Å²) in [6, 6.07) is 38.6. The molecule has 6 N–H and O–H groups in total. The number of ether oxygens (including phenoxy) is 2. The van der Waals surface area contributed by atoms with E-state index in [2.05, 4.69) is 116 Å². The van der Waals surface area contributed by atoms with E-state index in [1.54, 1.807) is 24.3 Å². The predicted octanol–water partition coefficient (Wildman–Crippen LogP) is 10.0. The molecule has 0 spiro atoms. The summed E-state index contributed by atoms with van der Waals surface area (Å²) in [5, 5.41) is 6.14. The number of amides is 1. The predicted molar refractivity (Wildman–Crippen MR) is 346 cm³/mol. The molecule has 468 valence electrons. The maximum absolute atomic E-state index is 14.0. The van der Waals surface area contributed by atoms with E-state index in [1.807, 2.05) is 78.9 Å². The summed E-state index contributed by atoms with van der Waals surface area (Å²) in [6.07, 6.45) is 13.7. The first-order valence-electron chi connectivity index (χ1n) is 30.0. The molecule has 20 nitrogen and oxygen atoms in total. The Morgan fingerprint density at radius 1 is 0.811 bits per heavy atom. The van der Waals surface area contributed by atoms with E-state index in [4.69, 9.17) is 15.2 Å². The van der Waals surface area contributed by atoms with Crippen molar-refractivity contribution < 1.29 is 49.6 Å². The average molecular weight is 1260 g/mol. The van der Waals surface area contributed by atoms with Crippen molar-refractivity contribution >= 4 is 72.0 Å². The van der Waals surface area contributed by atoms with Gasteiger partial charge in [0, 0.05) is 70.9 Å². The van der Waals surface area contributed by atoms with Crippen LogP contribution in [0.3, 0.4) is 0 Å². The van der Waals surface area contributed by atoms with Crippen molar-refractivity contribution in [2.45, 2.75) is 109 Å². The highest BCUT2D eigenvalue weighted by atomic mass is 32.2. The van der Waals surface area contributed by atoms with E-state index in [9.17, 15) is 40.3 Å². The van der Waals surface area contributed by atoms with Crippen LogP contribution in [0.5, 0.6) is 5.75 Å². The number of H-pyrrole nitrogens is 1. The van der Waals surface area contributed by atoms with Crippen LogP contribution in [-0.2, 0) is 60.2 Å². The lowest BCUT2D eigenvalue weighted by atomic mass is 9.81. The summed E-state index contributed by atoms with van der Waals surface area (Å²) in [6.45, 7) is 9.90. The Bertz CT molecular complexity index is 4290. The molecule has 2 aromatic heterocycles. The zero-order chi connectivity index (χ0) is 63.8. The smallest absolute Gasteiger partial charge is 0.329 e. The number of nitrogens with two attached hydrogens (primary N) is 1. The number of carbonyl (C=O) groups excluding carboxylic acids is 2. The zero-order valence-electron chi connectivity index (χ0n) is 50.6. The Balaban J connectivity index is 0.937. The number of nitrogen functional groups attached to an aromatic ring is 1. The molecule has 0 unspecified atom stereocenters. The number of para-hydroxylation sites is 2. The van der Waals surface area contributed by atoms with E-state index >= 15 is 0 Å². The number of nitrogens with zero attached hydrogens (tertiary/aromatic N) is 5. The van der Waals surface area contributed by atoms with Crippen molar-refractivity contribution in [3.05, 3.63) is 224 Å². The molecule has 10 rings (SSSR count). The van der Waals surface area contributed by atoms with Gasteiger partial charge in [-0.2, -0.15) is 18.0 Å². The standard InChI is InChI=1S/C68H73N9O11S2/c1-67(2)53-21-8-10-23-56(53)76(37-12-14-39-89(81,82)83)58(67)35-29-47-19-16-20-48(30-36-59-68(3,4)54-22-9-11-24-57(54)77(59)38-13-15-40-90(84,85)86)61(47)88-52-33-25-45(26-34-52)41-55(65(80)87-44-46-17-6-5-7-18-46)73-63(78)49-27-31-50(32-28-49)70-42-51-43-71-62-60(72-51)64(79)75-66(69)74-62/h5-11,17-18,21-36,43,55H,12-16,19-20,37-42,44H2,1-4H3,(H6-,69,70,71,73,74,75,78,79,81,82,83,84,85,86)/t55-/m0/s1. The number of fused-ring (bicyclic) bond motifs is 3. The molecular formula is C68H73N9O11S2. The Hall–Kier alpha value is -9.09. The van der Waals surface area contributed by atoms with Crippen LogP contribution in [0.15, 0.2) is 185 Å². The Kier molecular flexibility index (Phi) is 19.4. The molecule has 2 aliphatic heterocycles. The molecule has 7 aromatic rings. The number of carbonyl (C=O) groups is 2. The molecule has 4 heterocycles. The largest absolute Gasteiger partial charge is 0.748 e. The number of hydrogen-bond donors (Lipinski definition) is 5. The van der Waals surface area contributed by atoms with Crippen molar-refractivity contribution in [1.82, 2.24) is 25.3 Å². The van der Waals surface area contributed by atoms with Crippen LogP contribution in [0.25, 0.3) is 11.2 Å². The quantitative estimate of drug-likeness (QED) is 0.0154. The third-order valence-electron chi connectivity index (χ3n) is 16.5. The SMILES string of the molecule is CC1(C)C(/C=C/C2=C(Oc3ccc(C[C@H](NC(=O)c4ccc(NCc5cnc6nc(N)[nH]c(=O)c6n5)cc4)C(=O)OCc4ccccc4)cc3)C(=C/C=C3/N(CCCCS(=O)(=O)[O-])c4ccccc4C3(C)C)/CCC2)=[N+](CCCCS(=O)(=O)O)c2ccccc21. The van der Waals surface area contributed by atoms with Gasteiger partial charge in [-0.15, -0.1) is 0 Å². The molecule has 5 aromatic carbocycles. The summed E-state index contributed by atoms with van der Waals surface area (Å²) in [4.78, 5) is 57.7. The van der Waals surface area contributed by atoms with Gasteiger partial charge in [-0.25, -0.2) is 23.2 Å². The maximum Gasteiger partial charge on any atom is 0.329 e. The highest BCUT2D eigenvalue weighted by Gasteiger charge is 2.44. The summed E-state index contributed by atoms with van der Waals surface area (Å²) in [5.41, 5.74) is 15.6. The van der Waals surface area contributed by atoms with Gasteiger partial charge in [0.05, 0.1) is 39.7 Å². The zero-order valence-corrected chi connectivity index (χ0v) is 52.3. The minimum absolute atomic E-state index is 0.00561. The number of hydrogen-bond acceptors (Lipinski definition) is 16. The number of unbranched alkanes of at least 4 members (excludes halogenated alkanes) is 2. The second kappa shape index (κ2) is 27.3. The lowest BCUT2D eigenvalue weighted by Gasteiger charge is -2.28. The van der Waals surface area contributed by atoms with Crippen LogP contribution in [0.4, 0.5) is 23.0 Å². The highest BCUT2D eigenvalue weighted by Crippen LogP contribution is 2.48. The molecule has 90 heavy (non-hydrogen) atoms. The summed E-state index contributed by atoms with van der Waals surface area (Å²) in [5.74, 6) is -0.767. The van der Waals surface area contributed by atoms with Crippen LogP contribution < -0.4 is 31.6 Å². The lowest BCUT2D eigenvalue weighted by Crippen LogP contribution is -2.43. The molecule has 1 aliphatic carbocycles. The fourth-order valence-electron chi connectivity index (χ4n) is 11.9. The van der Waals surface area contributed by atoms with Gasteiger partial charge in [-0.3, -0.25) is 19.1 Å². The number of nitrogens with one attached hydrogen (secondary N) is 3. The number of benzene rings is 5. The summed E-state index contributed by atoms with van der Waals surface area (Å²) >= 11 is 0. The second-order valence-corrected chi connectivity index (χ2v) is 26.8. The fourth-order valence-corrected chi connectivity index (χ4v) is 13.0. The number of anilines is 3. The molecule has 0 saturated carbocycles. The van der Waals surface area contributed by atoms with Crippen molar-refractivity contribution in [2.75, 3.05) is 40.5 Å². The molecule has 0 saturated heterocycles. The molecular weight excluding hydrogens is 1180 g/mol. The topological polar surface area (TPSA) is 292 Å². The third-order valence-corrected chi connectivity index (χ3v) is 18.1. The molecule has 3 aliphatic rings. The Labute approximate surface area is 523 Å². The molecule has 0 bridgehead atoms. The third kappa shape index (κ3) is 15.5. The van der Waals surface area contributed by atoms with Gasteiger partial charge in [0.25, 0.3) is 21.6 Å². The van der Waals surface area contributed by atoms with E-state index in [-0.39, 0.29) is 55.3 Å². The summed E-state index contributed by atoms with van der Waals surface area (Å²) < 4.78 is 82.8. The van der Waals surface area contributed by atoms with Crippen molar-refractivity contribution in [2.24, 2.45) is 0 Å². The average Bonchev–Trinajstić information content (AvgIpc) is 1.61. The first-order chi connectivity index (χ1) is 43.0. The van der Waals surface area contributed by atoms with Crippen LogP contribution in [0, 0.1) is 0 Å². The first kappa shape index (κ1) is 63.9. The van der Waals surface area contributed by atoms with Gasteiger partial charge in [0.2, 0.25) is 11.6 Å². The molecule has 1 atom stereocenters. The minimum atomic E-state index is -4.37. The van der Waals surface area contributed by atoms with Gasteiger partial charge in [-0.1, -0.05) is 98.8 Å². The van der Waals surface area contributed by atoms with E-state index < -0.39 is 60.3 Å². The van der Waals surface area contributed by atoms with Gasteiger partial charge in [0.15, 0.2) is 16.9 Å². The monoisotopic (exact) mass is 1260 g/mol. The maximum atomic E-state index is 14.0. The normalized spacial score (nSPS) is 16.6. The number of aromatic nitrogens is 4. The van der Waals surface area contributed by atoms with E-state index in [0.717, 1.165) is 57.0 Å². The molecule has 0 radical (unpaired) electrons. The van der Waals surface area contributed by atoms with E-state index in [0.29, 0.717) is 72.8 Å².